The summed E-state index contributed by atoms with van der Waals surface area (Å²) in [5.74, 6) is -0.487. The maximum Gasteiger partial charge on any atom is 0.315 e. The van der Waals surface area contributed by atoms with Crippen LogP contribution in [0.5, 0.6) is 11.5 Å². The normalized spacial score (nSPS) is 25.4. The fourth-order valence-corrected chi connectivity index (χ4v) is 11.9. The van der Waals surface area contributed by atoms with E-state index < -0.39 is 63.2 Å². The van der Waals surface area contributed by atoms with Gasteiger partial charge in [0.1, 0.15) is 40.9 Å². The van der Waals surface area contributed by atoms with Gasteiger partial charge in [0.25, 0.3) is 10.2 Å². The minimum atomic E-state index is -3.74. The molecule has 4 aliphatic rings. The molecule has 2 saturated heterocycles. The molecule has 20 heteroatoms. The predicted octanol–water partition coefficient (Wildman–Crippen LogP) is 5.59. The van der Waals surface area contributed by atoms with Crippen molar-refractivity contribution in [1.82, 2.24) is 44.7 Å². The van der Waals surface area contributed by atoms with Gasteiger partial charge < -0.3 is 41.0 Å². The minimum Gasteiger partial charge on any atom is -0.497 e. The third kappa shape index (κ3) is 11.8. The fraction of sp³-hybridized carbons (Fsp3) is 0.592. The van der Waals surface area contributed by atoms with Crippen LogP contribution in [0.2, 0.25) is 0 Å². The minimum absolute atomic E-state index is 0.00599. The highest BCUT2D eigenvalue weighted by atomic mass is 32.2. The van der Waals surface area contributed by atoms with Gasteiger partial charge in [0, 0.05) is 79.5 Å². The number of nitrogens with one attached hydrogen (secondary N) is 5. The number of anilines is 1. The number of allylic oxidation sites excluding steroid dienone is 1. The van der Waals surface area contributed by atoms with E-state index in [1.807, 2.05) is 90.3 Å². The maximum absolute atomic E-state index is 15.2. The second-order valence-electron chi connectivity index (χ2n) is 20.2. The molecule has 5 amide bonds. The Morgan fingerprint density at radius 1 is 1.07 bits per heavy atom. The molecular weight excluding hydrogens is 921 g/mol. The first-order chi connectivity index (χ1) is 32.7. The van der Waals surface area contributed by atoms with E-state index in [0.717, 1.165) is 24.4 Å². The van der Waals surface area contributed by atoms with Crippen LogP contribution in [0, 0.1) is 11.3 Å². The molecular formula is C49H70N10O8S2. The molecule has 1 unspecified atom stereocenters. The molecule has 1 aliphatic carbocycles. The molecule has 0 bridgehead atoms. The van der Waals surface area contributed by atoms with Crippen molar-refractivity contribution >= 4 is 61.3 Å². The van der Waals surface area contributed by atoms with Crippen LogP contribution in [0.1, 0.15) is 93.4 Å². The first kappa shape index (κ1) is 51.5. The van der Waals surface area contributed by atoms with Gasteiger partial charge in [-0.25, -0.2) is 14.8 Å². The van der Waals surface area contributed by atoms with E-state index in [-0.39, 0.29) is 56.4 Å². The van der Waals surface area contributed by atoms with Crippen molar-refractivity contribution in [2.75, 3.05) is 45.2 Å². The average Bonchev–Trinajstić information content (AvgIpc) is 3.55. The van der Waals surface area contributed by atoms with E-state index in [1.165, 1.54) is 24.8 Å². The number of amides is 5. The van der Waals surface area contributed by atoms with E-state index in [9.17, 15) is 22.8 Å². The number of rotatable bonds is 14. The summed E-state index contributed by atoms with van der Waals surface area (Å²) < 4.78 is 42.2. The van der Waals surface area contributed by atoms with Gasteiger partial charge in [-0.05, 0) is 70.9 Å². The smallest absolute Gasteiger partial charge is 0.315 e. The predicted molar refractivity (Wildman–Crippen MR) is 268 cm³/mol. The summed E-state index contributed by atoms with van der Waals surface area (Å²) in [6.45, 7) is 18.2. The first-order valence-electron chi connectivity index (χ1n) is 24.1. The van der Waals surface area contributed by atoms with E-state index in [2.05, 4.69) is 33.2 Å². The molecule has 3 aliphatic heterocycles. The molecule has 5 N–H and O–H groups in total. The van der Waals surface area contributed by atoms with Crippen molar-refractivity contribution in [2.24, 2.45) is 11.3 Å². The number of aromatic nitrogens is 2. The van der Waals surface area contributed by atoms with Gasteiger partial charge in [-0.3, -0.25) is 14.4 Å². The van der Waals surface area contributed by atoms with Crippen LogP contribution < -0.4 is 36.1 Å². The van der Waals surface area contributed by atoms with Crippen LogP contribution in [0.15, 0.2) is 54.5 Å². The lowest BCUT2D eigenvalue weighted by atomic mass is 9.86. The van der Waals surface area contributed by atoms with Crippen molar-refractivity contribution in [3.8, 4) is 22.9 Å². The summed E-state index contributed by atoms with van der Waals surface area (Å²) >= 11 is 1.46. The fourth-order valence-electron chi connectivity index (χ4n) is 9.30. The Morgan fingerprint density at radius 2 is 1.86 bits per heavy atom. The standard InChI is InChI=1S/C49H70N10O8S2/c1-10-20-50-45(62)49-26-32(49)16-14-12-11-13-15-17-36(53-46(63)55-42(48(6,7)8)28-57-21-22-59(31(4)5)69(57,64)65)44(61)58-27-34(24-40(58)43(60)56-49)67-41-25-38(39-29-68-47(54-39)51-30(2)3)52-37-23-33(66-9)18-19-35(37)41/h10,14,16,18-19,23,25,29-32,34,36,40,42H,1,11-13,15,17,20-22,24,26-28H2,2-9H3,(H,50,62)(H,51,54)(H,56,60)(H2,53,55,63)/b16-14-/t32?,34-,36+,40+,42-,49-/m1/s1. The van der Waals surface area contributed by atoms with Gasteiger partial charge in [0.05, 0.1) is 24.9 Å². The zero-order valence-electron chi connectivity index (χ0n) is 41.2. The molecule has 6 atom stereocenters. The number of urea groups is 1. The molecule has 3 aromatic rings. The Balaban J connectivity index is 1.20. The zero-order valence-corrected chi connectivity index (χ0v) is 42.8. The van der Waals surface area contributed by atoms with Crippen molar-refractivity contribution in [1.29, 1.82) is 0 Å². The second-order valence-corrected chi connectivity index (χ2v) is 22.9. The number of hydrogen-bond acceptors (Lipinski definition) is 12. The monoisotopic (exact) mass is 990 g/mol. The second kappa shape index (κ2) is 21.4. The third-order valence-corrected chi connectivity index (χ3v) is 16.3. The molecule has 1 saturated carbocycles. The largest absolute Gasteiger partial charge is 0.497 e. The lowest BCUT2D eigenvalue weighted by molar-refractivity contribution is -0.141. The Morgan fingerprint density at radius 3 is 2.55 bits per heavy atom. The summed E-state index contributed by atoms with van der Waals surface area (Å²) in [6, 6.07) is 3.88. The quantitative estimate of drug-likeness (QED) is 0.126. The molecule has 0 spiro atoms. The number of pyridine rings is 1. The number of hydrogen-bond donors (Lipinski definition) is 5. The summed E-state index contributed by atoms with van der Waals surface area (Å²) in [5, 5.41) is 18.6. The summed E-state index contributed by atoms with van der Waals surface area (Å²) in [4.78, 5) is 69.1. The molecule has 3 fully saturated rings. The number of benzene rings is 1. The average molecular weight is 991 g/mol. The topological polar surface area (TPSA) is 217 Å². The Labute approximate surface area is 410 Å². The molecule has 0 radical (unpaired) electrons. The number of fused-ring (bicyclic) bond motifs is 3. The number of methoxy groups -OCH3 is 1. The van der Waals surface area contributed by atoms with E-state index in [1.54, 1.807) is 13.2 Å². The van der Waals surface area contributed by atoms with Crippen molar-refractivity contribution in [3.63, 3.8) is 0 Å². The van der Waals surface area contributed by atoms with E-state index >= 15 is 4.79 Å². The lowest BCUT2D eigenvalue weighted by Gasteiger charge is -2.35. The number of thiazole rings is 1. The molecule has 7 rings (SSSR count). The van der Waals surface area contributed by atoms with Gasteiger partial charge in [0.2, 0.25) is 17.7 Å². The molecule has 376 valence electrons. The first-order valence-corrected chi connectivity index (χ1v) is 26.4. The SMILES string of the molecule is C=CCNC(=O)[C@@]12CC1/C=C\CCCCC[C@H](NC(=O)N[C@H](CN1CCN(C(C)C)S1(=O)=O)C(C)(C)C)C(=O)N1C[C@H](Oc3cc(-c4csc(NC(C)C)n4)nc4cc(OC)ccc34)C[C@H]1C(=O)N2. The van der Waals surface area contributed by atoms with Crippen LogP contribution in [0.25, 0.3) is 22.3 Å². The summed E-state index contributed by atoms with van der Waals surface area (Å²) in [6.07, 6.45) is 8.61. The van der Waals surface area contributed by atoms with Gasteiger partial charge in [-0.1, -0.05) is 51.8 Å². The number of carbonyl (C=O) groups is 4. The molecule has 5 heterocycles. The number of nitrogens with zero attached hydrogens (tertiary/aromatic N) is 5. The highest BCUT2D eigenvalue weighted by Crippen LogP contribution is 2.46. The summed E-state index contributed by atoms with van der Waals surface area (Å²) in [5.41, 5.74) is 0.0110. The zero-order chi connectivity index (χ0) is 49.8. The van der Waals surface area contributed by atoms with Crippen molar-refractivity contribution in [3.05, 3.63) is 54.5 Å². The maximum atomic E-state index is 15.2. The molecule has 69 heavy (non-hydrogen) atoms. The molecule has 2 aromatic heterocycles. The van der Waals surface area contributed by atoms with Crippen LogP contribution in [0.3, 0.4) is 0 Å². The number of ether oxygens (including phenoxy) is 2. The van der Waals surface area contributed by atoms with Gasteiger partial charge in [0.15, 0.2) is 5.13 Å². The third-order valence-electron chi connectivity index (χ3n) is 13.3. The van der Waals surface area contributed by atoms with Gasteiger partial charge >= 0.3 is 6.03 Å². The van der Waals surface area contributed by atoms with Crippen LogP contribution in [-0.4, -0.2) is 137 Å². The van der Waals surface area contributed by atoms with Crippen LogP contribution >= 0.6 is 11.3 Å². The van der Waals surface area contributed by atoms with Crippen molar-refractivity contribution < 1.29 is 37.1 Å². The van der Waals surface area contributed by atoms with E-state index in [4.69, 9.17) is 19.4 Å². The van der Waals surface area contributed by atoms with Gasteiger partial charge in [-0.15, -0.1) is 17.9 Å². The highest BCUT2D eigenvalue weighted by molar-refractivity contribution is 7.87. The highest BCUT2D eigenvalue weighted by Gasteiger charge is 2.61. The van der Waals surface area contributed by atoms with E-state index in [0.29, 0.717) is 59.7 Å². The van der Waals surface area contributed by atoms with Crippen molar-refractivity contribution in [2.45, 2.75) is 135 Å². The van der Waals surface area contributed by atoms with Crippen LogP contribution in [-0.2, 0) is 24.6 Å². The van der Waals surface area contributed by atoms with Gasteiger partial charge in [-0.2, -0.15) is 17.0 Å². The molecule has 1 aromatic carbocycles. The Hall–Kier alpha value is -5.31. The molecule has 18 nitrogen and oxygen atoms in total. The Bertz CT molecular complexity index is 2530. The lowest BCUT2D eigenvalue weighted by Crippen LogP contribution is -2.59. The summed E-state index contributed by atoms with van der Waals surface area (Å²) in [7, 11) is -2.16. The van der Waals surface area contributed by atoms with Crippen LogP contribution in [0.4, 0.5) is 9.93 Å². The Kier molecular flexibility index (Phi) is 16.0. The number of carbonyl (C=O) groups excluding carboxylic acids is 4.